The molecule has 3 rings (SSSR count). The number of hydrogen-bond donors (Lipinski definition) is 1. The summed E-state index contributed by atoms with van der Waals surface area (Å²) in [5.74, 6) is 0.154. The highest BCUT2D eigenvalue weighted by molar-refractivity contribution is 6.50. The fourth-order valence-corrected chi connectivity index (χ4v) is 2.54. The van der Waals surface area contributed by atoms with E-state index >= 15 is 0 Å². The molecule has 0 saturated heterocycles. The van der Waals surface area contributed by atoms with Crippen molar-refractivity contribution in [3.8, 4) is 11.3 Å². The van der Waals surface area contributed by atoms with Gasteiger partial charge in [0.25, 0.3) is 0 Å². The summed E-state index contributed by atoms with van der Waals surface area (Å²) < 4.78 is 18.3. The van der Waals surface area contributed by atoms with E-state index in [2.05, 4.69) is 5.10 Å². The quantitative estimate of drug-likeness (QED) is 0.497. The molecule has 0 saturated carbocycles. The third-order valence-electron chi connectivity index (χ3n) is 5.06. The second kappa shape index (κ2) is 7.45. The molecule has 1 N–H and O–H groups in total. The lowest BCUT2D eigenvalue weighted by Crippen LogP contribution is -2.49. The molecular formula is C20H25BN2O5. The summed E-state index contributed by atoms with van der Waals surface area (Å²) in [7, 11) is 0.302. The van der Waals surface area contributed by atoms with Crippen LogP contribution in [0.1, 0.15) is 45.0 Å². The van der Waals surface area contributed by atoms with E-state index in [1.165, 1.54) is 6.26 Å². The lowest BCUT2D eigenvalue weighted by molar-refractivity contribution is -0.0893. The summed E-state index contributed by atoms with van der Waals surface area (Å²) >= 11 is 0. The largest absolute Gasteiger partial charge is 0.463 e. The second-order valence-electron chi connectivity index (χ2n) is 7.69. The van der Waals surface area contributed by atoms with Gasteiger partial charge in [0.15, 0.2) is 0 Å². The first kappa shape index (κ1) is 20.2. The van der Waals surface area contributed by atoms with E-state index in [1.807, 2.05) is 32.2 Å². The van der Waals surface area contributed by atoms with Crippen LogP contribution in [0.5, 0.6) is 0 Å². The van der Waals surface area contributed by atoms with Gasteiger partial charge in [0.2, 0.25) is 0 Å². The molecule has 0 fully saturated rings. The number of fused-ring (bicyclic) bond motifs is 1. The predicted octanol–water partition coefficient (Wildman–Crippen LogP) is 2.31. The Morgan fingerprint density at radius 3 is 2.75 bits per heavy atom. The van der Waals surface area contributed by atoms with Gasteiger partial charge in [0.05, 0.1) is 28.9 Å². The maximum atomic E-state index is 11.8. The molecule has 3 aromatic rings. The highest BCUT2D eigenvalue weighted by atomic mass is 16.5. The van der Waals surface area contributed by atoms with E-state index in [1.54, 1.807) is 37.5 Å². The Balaban J connectivity index is 1.86. The van der Waals surface area contributed by atoms with Gasteiger partial charge < -0.3 is 18.9 Å². The van der Waals surface area contributed by atoms with Crippen molar-refractivity contribution in [1.82, 2.24) is 9.61 Å². The molecule has 3 aromatic heterocycles. The zero-order valence-electron chi connectivity index (χ0n) is 16.9. The number of aliphatic hydroxyl groups is 1. The Kier molecular flexibility index (Phi) is 5.36. The van der Waals surface area contributed by atoms with Gasteiger partial charge in [0.1, 0.15) is 12.0 Å². The van der Waals surface area contributed by atoms with Gasteiger partial charge in [-0.3, -0.25) is 0 Å². The average Bonchev–Trinajstić information content (AvgIpc) is 3.26. The van der Waals surface area contributed by atoms with Crippen LogP contribution in [0, 0.1) is 0 Å². The van der Waals surface area contributed by atoms with Crippen LogP contribution >= 0.6 is 0 Å². The zero-order chi connectivity index (χ0) is 20.5. The molecule has 7 nitrogen and oxygen atoms in total. The number of aromatic nitrogens is 2. The highest BCUT2D eigenvalue weighted by Gasteiger charge is 2.35. The first-order valence-electron chi connectivity index (χ1n) is 9.21. The lowest BCUT2D eigenvalue weighted by Gasteiger charge is -2.37. The normalized spacial score (nSPS) is 12.4. The molecule has 0 atom stereocenters. The van der Waals surface area contributed by atoms with Gasteiger partial charge in [-0.2, -0.15) is 5.10 Å². The number of nitrogens with zero attached hydrogens (tertiary/aromatic N) is 2. The first-order chi connectivity index (χ1) is 13.1. The monoisotopic (exact) mass is 384 g/mol. The molecule has 0 aromatic carbocycles. The van der Waals surface area contributed by atoms with E-state index in [0.29, 0.717) is 25.4 Å². The number of carbonyl (C=O) groups excluding carboxylic acids is 1. The van der Waals surface area contributed by atoms with E-state index in [4.69, 9.17) is 13.8 Å². The van der Waals surface area contributed by atoms with Gasteiger partial charge in [-0.05, 0) is 58.3 Å². The minimum absolute atomic E-state index is 0.302. The number of rotatable bonds is 7. The maximum absolute atomic E-state index is 11.8. The Labute approximate surface area is 164 Å². The topological polar surface area (TPSA) is 86.2 Å². The molecule has 0 bridgehead atoms. The van der Waals surface area contributed by atoms with Crippen molar-refractivity contribution >= 4 is 24.4 Å². The molecule has 0 aliphatic rings. The molecule has 0 amide bonds. The summed E-state index contributed by atoms with van der Waals surface area (Å²) in [5.41, 5.74) is 1.22. The van der Waals surface area contributed by atoms with Crippen LogP contribution in [0.2, 0.25) is 0 Å². The molecule has 3 heterocycles. The second-order valence-corrected chi connectivity index (χ2v) is 7.69. The van der Waals surface area contributed by atoms with Crippen LogP contribution in [0.15, 0.2) is 41.3 Å². The van der Waals surface area contributed by atoms with Crippen molar-refractivity contribution < 1.29 is 23.7 Å². The molecule has 0 aliphatic carbocycles. The molecule has 0 aliphatic heterocycles. The van der Waals surface area contributed by atoms with Crippen molar-refractivity contribution in [1.29, 1.82) is 0 Å². The van der Waals surface area contributed by atoms with Gasteiger partial charge in [-0.15, -0.1) is 0 Å². The number of carbonyl (C=O) groups is 1. The molecule has 0 spiro atoms. The third kappa shape index (κ3) is 3.98. The van der Waals surface area contributed by atoms with Crippen LogP contribution in [-0.4, -0.2) is 46.0 Å². The summed E-state index contributed by atoms with van der Waals surface area (Å²) in [5, 5.41) is 14.6. The van der Waals surface area contributed by atoms with Gasteiger partial charge in [-0.1, -0.05) is 0 Å². The van der Waals surface area contributed by atoms with Crippen LogP contribution in [0.4, 0.5) is 0 Å². The molecule has 148 valence electrons. The van der Waals surface area contributed by atoms with Crippen LogP contribution in [0.3, 0.4) is 0 Å². The number of furan rings is 1. The Morgan fingerprint density at radius 2 is 2.07 bits per heavy atom. The zero-order valence-corrected chi connectivity index (χ0v) is 16.9. The summed E-state index contributed by atoms with van der Waals surface area (Å²) in [4.78, 5) is 11.8. The van der Waals surface area contributed by atoms with Crippen molar-refractivity contribution in [2.75, 3.05) is 6.61 Å². The van der Waals surface area contributed by atoms with Crippen molar-refractivity contribution in [2.24, 2.45) is 0 Å². The number of pyridine rings is 1. The average molecular weight is 384 g/mol. The van der Waals surface area contributed by atoms with Gasteiger partial charge in [0, 0.05) is 18.0 Å². The van der Waals surface area contributed by atoms with Gasteiger partial charge >= 0.3 is 13.5 Å². The SMILES string of the molecule is CCOC(=O)c1coc(-c2ccn3ncc(BOC(C)(C)C(C)(C)O)c3c2)c1. The summed E-state index contributed by atoms with van der Waals surface area (Å²) in [6, 6.07) is 5.45. The minimum Gasteiger partial charge on any atom is -0.463 e. The van der Waals surface area contributed by atoms with Crippen molar-refractivity contribution in [2.45, 2.75) is 45.8 Å². The summed E-state index contributed by atoms with van der Waals surface area (Å²) in [6.07, 6.45) is 4.96. The summed E-state index contributed by atoms with van der Waals surface area (Å²) in [6.45, 7) is 9.22. The molecule has 0 radical (unpaired) electrons. The Bertz CT molecular complexity index is 984. The van der Waals surface area contributed by atoms with Gasteiger partial charge in [-0.25, -0.2) is 9.31 Å². The maximum Gasteiger partial charge on any atom is 0.341 e. The van der Waals surface area contributed by atoms with Crippen LogP contribution < -0.4 is 5.46 Å². The minimum atomic E-state index is -0.987. The first-order valence-corrected chi connectivity index (χ1v) is 9.21. The van der Waals surface area contributed by atoms with E-state index in [9.17, 15) is 9.90 Å². The Hall–Kier alpha value is -2.58. The molecular weight excluding hydrogens is 359 g/mol. The number of ether oxygens (including phenoxy) is 1. The third-order valence-corrected chi connectivity index (χ3v) is 5.06. The van der Waals surface area contributed by atoms with Crippen molar-refractivity contribution in [3.63, 3.8) is 0 Å². The van der Waals surface area contributed by atoms with E-state index in [-0.39, 0.29) is 0 Å². The number of esters is 1. The highest BCUT2D eigenvalue weighted by Crippen LogP contribution is 2.25. The smallest absolute Gasteiger partial charge is 0.341 e. The predicted molar refractivity (Wildman–Crippen MR) is 107 cm³/mol. The molecule has 8 heteroatoms. The fourth-order valence-electron chi connectivity index (χ4n) is 2.54. The van der Waals surface area contributed by atoms with E-state index in [0.717, 1.165) is 16.5 Å². The Morgan fingerprint density at radius 1 is 1.32 bits per heavy atom. The van der Waals surface area contributed by atoms with Crippen LogP contribution in [-0.2, 0) is 9.39 Å². The van der Waals surface area contributed by atoms with Crippen molar-refractivity contribution in [3.05, 3.63) is 42.4 Å². The van der Waals surface area contributed by atoms with E-state index < -0.39 is 17.2 Å². The van der Waals surface area contributed by atoms with Crippen LogP contribution in [0.25, 0.3) is 16.8 Å². The fraction of sp³-hybridized carbons (Fsp3) is 0.400. The number of hydrogen-bond acceptors (Lipinski definition) is 6. The standard InChI is InChI=1S/C20H25BN2O5/c1-6-26-18(24)14-10-17(27-12-14)13-7-8-23-16(9-13)15(11-22-23)21-28-20(4,5)19(2,3)25/h7-12,21,25H,6H2,1-5H3. The molecule has 0 unspecified atom stereocenters. The lowest BCUT2D eigenvalue weighted by atomic mass is 9.83. The molecule has 28 heavy (non-hydrogen) atoms.